The average molecular weight is 449 g/mol. The van der Waals surface area contributed by atoms with E-state index in [9.17, 15) is 14.4 Å². The van der Waals surface area contributed by atoms with Crippen LogP contribution >= 0.6 is 27.7 Å². The molecule has 0 aromatic heterocycles. The number of imide groups is 1. The smallest absolute Gasteiger partial charge is 0.338 e. The fourth-order valence-electron chi connectivity index (χ4n) is 2.52. The summed E-state index contributed by atoms with van der Waals surface area (Å²) in [4.78, 5) is 37.7. The first-order valence-electron chi connectivity index (χ1n) is 8.28. The summed E-state index contributed by atoms with van der Waals surface area (Å²) in [6, 6.07) is 14.1. The van der Waals surface area contributed by atoms with Crippen molar-refractivity contribution in [1.29, 1.82) is 0 Å². The number of nitrogens with zero attached hydrogens (tertiary/aromatic N) is 1. The van der Waals surface area contributed by atoms with Crippen molar-refractivity contribution in [3.8, 4) is 0 Å². The zero-order chi connectivity index (χ0) is 19.4. The number of carbonyl (C=O) groups excluding carboxylic acids is 3. The molecule has 0 saturated carbocycles. The number of hydrogen-bond acceptors (Lipinski definition) is 6. The van der Waals surface area contributed by atoms with E-state index in [4.69, 9.17) is 4.74 Å². The molecule has 0 radical (unpaired) electrons. The van der Waals surface area contributed by atoms with Crippen molar-refractivity contribution in [3.05, 3.63) is 64.1 Å². The Hall–Kier alpha value is -2.32. The van der Waals surface area contributed by atoms with E-state index in [1.54, 1.807) is 31.2 Å². The summed E-state index contributed by atoms with van der Waals surface area (Å²) in [5.74, 6) is -0.686. The predicted molar refractivity (Wildman–Crippen MR) is 107 cm³/mol. The van der Waals surface area contributed by atoms with Crippen molar-refractivity contribution in [3.63, 3.8) is 0 Å². The highest BCUT2D eigenvalue weighted by molar-refractivity contribution is 9.10. The number of anilines is 1. The van der Waals surface area contributed by atoms with Gasteiger partial charge in [0.1, 0.15) is 0 Å². The van der Waals surface area contributed by atoms with Gasteiger partial charge in [0.05, 0.1) is 18.7 Å². The summed E-state index contributed by atoms with van der Waals surface area (Å²) in [5, 5.41) is 2.05. The number of esters is 1. The second kappa shape index (κ2) is 8.58. The Morgan fingerprint density at radius 2 is 1.81 bits per heavy atom. The number of hydrogen-bond donors (Lipinski definition) is 1. The lowest BCUT2D eigenvalue weighted by molar-refractivity contribution is -0.126. The lowest BCUT2D eigenvalue weighted by Crippen LogP contribution is -2.33. The predicted octanol–water partition coefficient (Wildman–Crippen LogP) is 4.26. The molecule has 0 aliphatic carbocycles. The van der Waals surface area contributed by atoms with E-state index in [-0.39, 0.29) is 17.7 Å². The Morgan fingerprint density at radius 3 is 2.44 bits per heavy atom. The molecule has 27 heavy (non-hydrogen) atoms. The molecule has 1 heterocycles. The molecule has 0 bridgehead atoms. The van der Waals surface area contributed by atoms with E-state index < -0.39 is 11.3 Å². The standard InChI is InChI=1S/C19H17BrN2O4S/c1-2-26-18(24)13-5-9-15(10-6-13)21-16-17(23)22(19(25)27-16)11-12-3-7-14(20)8-4-12/h3-10,16,21H,2,11H2,1H3/t16-/m0/s1. The van der Waals surface area contributed by atoms with Crippen molar-refractivity contribution in [2.45, 2.75) is 18.8 Å². The monoisotopic (exact) mass is 448 g/mol. The zero-order valence-corrected chi connectivity index (χ0v) is 16.9. The van der Waals surface area contributed by atoms with Gasteiger partial charge in [0.2, 0.25) is 0 Å². The quantitative estimate of drug-likeness (QED) is 0.665. The van der Waals surface area contributed by atoms with E-state index in [1.165, 1.54) is 4.90 Å². The highest BCUT2D eigenvalue weighted by atomic mass is 79.9. The number of rotatable bonds is 6. The molecular formula is C19H17BrN2O4S. The Labute approximate surface area is 169 Å². The Balaban J connectivity index is 1.64. The molecule has 1 aliphatic heterocycles. The molecule has 1 fully saturated rings. The molecule has 2 aromatic rings. The largest absolute Gasteiger partial charge is 0.462 e. The van der Waals surface area contributed by atoms with Gasteiger partial charge in [-0.15, -0.1) is 0 Å². The van der Waals surface area contributed by atoms with Gasteiger partial charge in [-0.25, -0.2) is 4.79 Å². The fraction of sp³-hybridized carbons (Fsp3) is 0.211. The number of ether oxygens (including phenoxy) is 1. The summed E-state index contributed by atoms with van der Waals surface area (Å²) >= 11 is 4.30. The van der Waals surface area contributed by atoms with Gasteiger partial charge in [-0.1, -0.05) is 28.1 Å². The molecule has 2 amide bonds. The fourth-order valence-corrected chi connectivity index (χ4v) is 3.69. The third-order valence-electron chi connectivity index (χ3n) is 3.88. The van der Waals surface area contributed by atoms with Crippen LogP contribution in [0.25, 0.3) is 0 Å². The van der Waals surface area contributed by atoms with Gasteiger partial charge < -0.3 is 10.1 Å². The second-order valence-corrected chi connectivity index (χ2v) is 7.73. The highest BCUT2D eigenvalue weighted by Crippen LogP contribution is 2.29. The number of halogens is 1. The minimum absolute atomic E-state index is 0.234. The van der Waals surface area contributed by atoms with E-state index in [0.717, 1.165) is 21.8 Å². The maximum atomic E-state index is 12.6. The van der Waals surface area contributed by atoms with Crippen molar-refractivity contribution >= 4 is 50.5 Å². The van der Waals surface area contributed by atoms with Gasteiger partial charge >= 0.3 is 5.97 Å². The number of amides is 2. The number of benzene rings is 2. The van der Waals surface area contributed by atoms with Crippen LogP contribution in [0.3, 0.4) is 0 Å². The van der Waals surface area contributed by atoms with Crippen LogP contribution in [0, 0.1) is 0 Å². The summed E-state index contributed by atoms with van der Waals surface area (Å²) in [7, 11) is 0. The van der Waals surface area contributed by atoms with Crippen molar-refractivity contribution in [2.75, 3.05) is 11.9 Å². The third kappa shape index (κ3) is 4.70. The molecule has 8 heteroatoms. The minimum Gasteiger partial charge on any atom is -0.462 e. The molecule has 3 rings (SSSR count). The molecule has 1 N–H and O–H groups in total. The van der Waals surface area contributed by atoms with Crippen LogP contribution in [0.15, 0.2) is 53.0 Å². The number of thioether (sulfide) groups is 1. The van der Waals surface area contributed by atoms with Crippen LogP contribution in [-0.2, 0) is 16.1 Å². The molecule has 140 valence electrons. The summed E-state index contributed by atoms with van der Waals surface area (Å²) in [6.07, 6.45) is 0. The lowest BCUT2D eigenvalue weighted by atomic mass is 10.2. The van der Waals surface area contributed by atoms with E-state index in [0.29, 0.717) is 17.9 Å². The summed E-state index contributed by atoms with van der Waals surface area (Å²) < 4.78 is 5.87. The van der Waals surface area contributed by atoms with Crippen LogP contribution < -0.4 is 5.32 Å². The lowest BCUT2D eigenvalue weighted by Gasteiger charge is -2.15. The molecule has 1 saturated heterocycles. The first kappa shape index (κ1) is 19.4. The van der Waals surface area contributed by atoms with Crippen LogP contribution in [0.1, 0.15) is 22.8 Å². The maximum Gasteiger partial charge on any atom is 0.338 e. The maximum absolute atomic E-state index is 12.6. The van der Waals surface area contributed by atoms with Crippen LogP contribution in [-0.4, -0.2) is 34.0 Å². The van der Waals surface area contributed by atoms with Crippen LogP contribution in [0.4, 0.5) is 10.5 Å². The highest BCUT2D eigenvalue weighted by Gasteiger charge is 2.39. The van der Waals surface area contributed by atoms with Crippen LogP contribution in [0.5, 0.6) is 0 Å². The second-order valence-electron chi connectivity index (χ2n) is 5.76. The molecule has 0 spiro atoms. The van der Waals surface area contributed by atoms with E-state index in [1.807, 2.05) is 24.3 Å². The van der Waals surface area contributed by atoms with Crippen molar-refractivity contribution in [2.24, 2.45) is 0 Å². The first-order chi connectivity index (χ1) is 13.0. The number of carbonyl (C=O) groups is 3. The van der Waals surface area contributed by atoms with E-state index >= 15 is 0 Å². The zero-order valence-electron chi connectivity index (χ0n) is 14.5. The number of nitrogens with one attached hydrogen (secondary N) is 1. The first-order valence-corrected chi connectivity index (χ1v) is 9.95. The van der Waals surface area contributed by atoms with Crippen LogP contribution in [0.2, 0.25) is 0 Å². The molecule has 1 aliphatic rings. The van der Waals surface area contributed by atoms with Gasteiger partial charge in [-0.3, -0.25) is 14.5 Å². The third-order valence-corrected chi connectivity index (χ3v) is 5.38. The molecule has 1 atom stereocenters. The average Bonchev–Trinajstić information content (AvgIpc) is 2.91. The Morgan fingerprint density at radius 1 is 1.15 bits per heavy atom. The van der Waals surface area contributed by atoms with Gasteiger partial charge in [-0.05, 0) is 60.6 Å². The SMILES string of the molecule is CCOC(=O)c1ccc(N[C@H]2SC(=O)N(Cc3ccc(Br)cc3)C2=O)cc1. The van der Waals surface area contributed by atoms with Gasteiger partial charge in [0.15, 0.2) is 5.37 Å². The Kier molecular flexibility index (Phi) is 6.18. The molecular weight excluding hydrogens is 432 g/mol. The normalized spacial score (nSPS) is 16.5. The molecule has 2 aromatic carbocycles. The van der Waals surface area contributed by atoms with Crippen molar-refractivity contribution in [1.82, 2.24) is 4.90 Å². The van der Waals surface area contributed by atoms with Gasteiger partial charge in [0, 0.05) is 10.2 Å². The van der Waals surface area contributed by atoms with Crippen molar-refractivity contribution < 1.29 is 19.1 Å². The van der Waals surface area contributed by atoms with E-state index in [2.05, 4.69) is 21.2 Å². The van der Waals surface area contributed by atoms with Gasteiger partial charge in [0.25, 0.3) is 11.1 Å². The van der Waals surface area contributed by atoms with Gasteiger partial charge in [-0.2, -0.15) is 0 Å². The topological polar surface area (TPSA) is 75.7 Å². The molecule has 6 nitrogen and oxygen atoms in total. The summed E-state index contributed by atoms with van der Waals surface area (Å²) in [5.41, 5.74) is 1.95. The Bertz CT molecular complexity index is 855. The molecule has 0 unspecified atom stereocenters. The summed E-state index contributed by atoms with van der Waals surface area (Å²) in [6.45, 7) is 2.29. The minimum atomic E-state index is -0.693.